The van der Waals surface area contributed by atoms with E-state index < -0.39 is 0 Å². The van der Waals surface area contributed by atoms with Gasteiger partial charge in [-0.3, -0.25) is 4.79 Å². The van der Waals surface area contributed by atoms with Crippen molar-refractivity contribution in [1.29, 1.82) is 0 Å². The van der Waals surface area contributed by atoms with Gasteiger partial charge in [-0.1, -0.05) is 42.8 Å². The van der Waals surface area contributed by atoms with Crippen molar-refractivity contribution >= 4 is 27.5 Å². The number of nitrogens with zero attached hydrogens (tertiary/aromatic N) is 1. The molecule has 0 fully saturated rings. The van der Waals surface area contributed by atoms with Crippen LogP contribution in [0.3, 0.4) is 0 Å². The number of nitrogens with one attached hydrogen (secondary N) is 1. The van der Waals surface area contributed by atoms with Crippen LogP contribution < -0.4 is 16.0 Å². The average Bonchev–Trinajstić information content (AvgIpc) is 2.35. The van der Waals surface area contributed by atoms with E-state index in [0.29, 0.717) is 5.92 Å². The van der Waals surface area contributed by atoms with E-state index in [0.717, 1.165) is 29.8 Å². The Hall–Kier alpha value is -1.07. The molecule has 20 heavy (non-hydrogen) atoms. The smallest absolute Gasteiger partial charge is 0.236 e. The molecular weight excluding hydrogens is 318 g/mol. The summed E-state index contributed by atoms with van der Waals surface area (Å²) in [6.45, 7) is 9.09. The molecule has 1 aromatic rings. The standard InChI is InChI=1S/C15H24BrN3O/c1-4-18-8-12-5-6-13(16)7-14(12)19(9-11(2)3)10-15(17)20/h5-7,11,18H,4,8-10H2,1-3H3,(H2,17,20). The number of primary amides is 1. The molecule has 0 saturated carbocycles. The summed E-state index contributed by atoms with van der Waals surface area (Å²) in [6, 6.07) is 6.16. The molecule has 0 aromatic heterocycles. The van der Waals surface area contributed by atoms with Gasteiger partial charge >= 0.3 is 0 Å². The van der Waals surface area contributed by atoms with Crippen molar-refractivity contribution in [2.24, 2.45) is 11.7 Å². The number of anilines is 1. The lowest BCUT2D eigenvalue weighted by molar-refractivity contribution is -0.116. The number of hydrogen-bond acceptors (Lipinski definition) is 3. The summed E-state index contributed by atoms with van der Waals surface area (Å²) in [5.41, 5.74) is 7.63. The van der Waals surface area contributed by atoms with Crippen molar-refractivity contribution in [2.45, 2.75) is 27.3 Å². The van der Waals surface area contributed by atoms with Crippen LogP contribution in [0.1, 0.15) is 26.3 Å². The van der Waals surface area contributed by atoms with Crippen LogP contribution in [0.5, 0.6) is 0 Å². The Kier molecular flexibility index (Phi) is 7.02. The zero-order valence-electron chi connectivity index (χ0n) is 12.4. The lowest BCUT2D eigenvalue weighted by atomic mass is 10.1. The Morgan fingerprint density at radius 2 is 2.15 bits per heavy atom. The van der Waals surface area contributed by atoms with E-state index in [1.54, 1.807) is 0 Å². The molecular formula is C15H24BrN3O. The van der Waals surface area contributed by atoms with E-state index in [-0.39, 0.29) is 12.5 Å². The van der Waals surface area contributed by atoms with Gasteiger partial charge in [0, 0.05) is 23.2 Å². The van der Waals surface area contributed by atoms with E-state index in [2.05, 4.69) is 59.1 Å². The number of carbonyl (C=O) groups is 1. The molecule has 0 atom stereocenters. The molecule has 4 nitrogen and oxygen atoms in total. The van der Waals surface area contributed by atoms with Gasteiger partial charge < -0.3 is 16.0 Å². The normalized spacial score (nSPS) is 10.8. The Morgan fingerprint density at radius 1 is 1.45 bits per heavy atom. The Bertz CT molecular complexity index is 449. The van der Waals surface area contributed by atoms with Gasteiger partial charge in [-0.25, -0.2) is 0 Å². The fourth-order valence-corrected chi connectivity index (χ4v) is 2.47. The lowest BCUT2D eigenvalue weighted by Crippen LogP contribution is -2.37. The largest absolute Gasteiger partial charge is 0.368 e. The van der Waals surface area contributed by atoms with Gasteiger partial charge in [0.2, 0.25) is 5.91 Å². The quantitative estimate of drug-likeness (QED) is 0.763. The van der Waals surface area contributed by atoms with Crippen LogP contribution in [0.15, 0.2) is 22.7 Å². The summed E-state index contributed by atoms with van der Waals surface area (Å²) >= 11 is 3.50. The van der Waals surface area contributed by atoms with Crippen LogP contribution in [0, 0.1) is 5.92 Å². The minimum Gasteiger partial charge on any atom is -0.368 e. The average molecular weight is 342 g/mol. The van der Waals surface area contributed by atoms with Gasteiger partial charge in [0.1, 0.15) is 0 Å². The SMILES string of the molecule is CCNCc1ccc(Br)cc1N(CC(N)=O)CC(C)C. The number of hydrogen-bond donors (Lipinski definition) is 2. The second-order valence-corrected chi connectivity index (χ2v) is 6.21. The molecule has 0 aliphatic rings. The molecule has 5 heteroatoms. The minimum atomic E-state index is -0.306. The highest BCUT2D eigenvalue weighted by Crippen LogP contribution is 2.26. The molecule has 1 rings (SSSR count). The Balaban J connectivity index is 3.07. The van der Waals surface area contributed by atoms with Gasteiger partial charge in [-0.2, -0.15) is 0 Å². The molecule has 0 saturated heterocycles. The number of nitrogens with two attached hydrogens (primary N) is 1. The van der Waals surface area contributed by atoms with Crippen LogP contribution >= 0.6 is 15.9 Å². The van der Waals surface area contributed by atoms with Gasteiger partial charge in [0.25, 0.3) is 0 Å². The molecule has 0 radical (unpaired) electrons. The number of rotatable bonds is 8. The molecule has 0 aliphatic heterocycles. The fraction of sp³-hybridized carbons (Fsp3) is 0.533. The second-order valence-electron chi connectivity index (χ2n) is 5.29. The van der Waals surface area contributed by atoms with E-state index in [9.17, 15) is 4.79 Å². The first kappa shape index (κ1) is 17.0. The highest BCUT2D eigenvalue weighted by molar-refractivity contribution is 9.10. The third-order valence-electron chi connectivity index (χ3n) is 2.89. The molecule has 0 aliphatic carbocycles. The van der Waals surface area contributed by atoms with Crippen molar-refractivity contribution < 1.29 is 4.79 Å². The summed E-state index contributed by atoms with van der Waals surface area (Å²) in [5, 5.41) is 3.33. The molecule has 0 spiro atoms. The first-order valence-corrected chi connectivity index (χ1v) is 7.75. The maximum absolute atomic E-state index is 11.3. The summed E-state index contributed by atoms with van der Waals surface area (Å²) in [7, 11) is 0. The molecule has 1 aromatic carbocycles. The third-order valence-corrected chi connectivity index (χ3v) is 3.38. The van der Waals surface area contributed by atoms with E-state index >= 15 is 0 Å². The van der Waals surface area contributed by atoms with Crippen molar-refractivity contribution in [3.63, 3.8) is 0 Å². The molecule has 1 amide bonds. The first-order valence-electron chi connectivity index (χ1n) is 6.96. The Labute approximate surface area is 129 Å². The van der Waals surface area contributed by atoms with Crippen LogP contribution in [0.25, 0.3) is 0 Å². The van der Waals surface area contributed by atoms with Crippen LogP contribution in [0.2, 0.25) is 0 Å². The summed E-state index contributed by atoms with van der Waals surface area (Å²) in [4.78, 5) is 13.4. The first-order chi connectivity index (χ1) is 9.43. The second kappa shape index (κ2) is 8.27. The number of amides is 1. The zero-order chi connectivity index (χ0) is 15.1. The van der Waals surface area contributed by atoms with Crippen LogP contribution in [0.4, 0.5) is 5.69 Å². The minimum absolute atomic E-state index is 0.244. The van der Waals surface area contributed by atoms with Gasteiger partial charge in [-0.05, 0) is 30.2 Å². The van der Waals surface area contributed by atoms with E-state index in [4.69, 9.17) is 5.73 Å². The van der Waals surface area contributed by atoms with Crippen LogP contribution in [-0.4, -0.2) is 25.5 Å². The monoisotopic (exact) mass is 341 g/mol. The summed E-state index contributed by atoms with van der Waals surface area (Å²) in [6.07, 6.45) is 0. The predicted octanol–water partition coefficient (Wildman–Crippen LogP) is 2.51. The molecule has 0 bridgehead atoms. The van der Waals surface area contributed by atoms with Crippen LogP contribution in [-0.2, 0) is 11.3 Å². The molecule has 112 valence electrons. The number of benzene rings is 1. The van der Waals surface area contributed by atoms with Crippen molar-refractivity contribution in [1.82, 2.24) is 5.32 Å². The highest BCUT2D eigenvalue weighted by atomic mass is 79.9. The molecule has 0 heterocycles. The Morgan fingerprint density at radius 3 is 2.70 bits per heavy atom. The predicted molar refractivity (Wildman–Crippen MR) is 87.8 cm³/mol. The van der Waals surface area contributed by atoms with E-state index in [1.807, 2.05) is 6.07 Å². The fourth-order valence-electron chi connectivity index (χ4n) is 2.12. The summed E-state index contributed by atoms with van der Waals surface area (Å²) < 4.78 is 1.01. The van der Waals surface area contributed by atoms with Crippen molar-refractivity contribution in [3.05, 3.63) is 28.2 Å². The van der Waals surface area contributed by atoms with Crippen molar-refractivity contribution in [3.8, 4) is 0 Å². The van der Waals surface area contributed by atoms with Gasteiger partial charge in [0.15, 0.2) is 0 Å². The zero-order valence-corrected chi connectivity index (χ0v) is 14.0. The number of carbonyl (C=O) groups excluding carboxylic acids is 1. The summed E-state index contributed by atoms with van der Waals surface area (Å²) in [5.74, 6) is 0.153. The van der Waals surface area contributed by atoms with E-state index in [1.165, 1.54) is 5.56 Å². The van der Waals surface area contributed by atoms with Gasteiger partial charge in [0.05, 0.1) is 6.54 Å². The van der Waals surface area contributed by atoms with Gasteiger partial charge in [-0.15, -0.1) is 0 Å². The highest BCUT2D eigenvalue weighted by Gasteiger charge is 2.15. The maximum Gasteiger partial charge on any atom is 0.236 e. The topological polar surface area (TPSA) is 58.4 Å². The molecule has 3 N–H and O–H groups in total. The third kappa shape index (κ3) is 5.51. The van der Waals surface area contributed by atoms with Crippen molar-refractivity contribution in [2.75, 3.05) is 24.5 Å². The lowest BCUT2D eigenvalue weighted by Gasteiger charge is -2.28. The number of halogens is 1. The molecule has 0 unspecified atom stereocenters. The maximum atomic E-state index is 11.3.